The van der Waals surface area contributed by atoms with Gasteiger partial charge < -0.3 is 9.84 Å². The summed E-state index contributed by atoms with van der Waals surface area (Å²) >= 11 is 1.98. The average molecular weight is 287 g/mol. The van der Waals surface area contributed by atoms with Gasteiger partial charge in [-0.3, -0.25) is 9.69 Å². The Bertz CT molecular complexity index is 316. The molecule has 0 bridgehead atoms. The maximum Gasteiger partial charge on any atom is 0.304 e. The molecule has 0 aromatic heterocycles. The van der Waals surface area contributed by atoms with E-state index in [9.17, 15) is 4.79 Å². The molecule has 2 aliphatic heterocycles. The Balaban J connectivity index is 1.98. The largest absolute Gasteiger partial charge is 0.481 e. The second-order valence-corrected chi connectivity index (χ2v) is 7.06. The average Bonchev–Trinajstić information content (AvgIpc) is 2.77. The molecule has 5 heteroatoms. The number of aliphatic carboxylic acids is 1. The molecule has 2 aliphatic rings. The first-order chi connectivity index (χ1) is 9.02. The monoisotopic (exact) mass is 287 g/mol. The van der Waals surface area contributed by atoms with Crippen LogP contribution < -0.4 is 0 Å². The minimum Gasteiger partial charge on any atom is -0.481 e. The first-order valence-corrected chi connectivity index (χ1v) is 8.37. The third-order valence-corrected chi connectivity index (χ3v) is 5.47. The zero-order valence-corrected chi connectivity index (χ0v) is 12.7. The molecule has 0 aromatic rings. The van der Waals surface area contributed by atoms with E-state index in [2.05, 4.69) is 18.7 Å². The van der Waals surface area contributed by atoms with Gasteiger partial charge in [0.2, 0.25) is 0 Å². The van der Waals surface area contributed by atoms with Crippen LogP contribution in [0.15, 0.2) is 0 Å². The Hall–Kier alpha value is -0.260. The molecule has 110 valence electrons. The lowest BCUT2D eigenvalue weighted by molar-refractivity contribution is -0.138. The SMILES string of the molecule is CC(C)N(CCC(=O)O)C1CCOC2(CCSC2)C1. The number of carboxylic acid groups (broad SMARTS) is 1. The number of hydrogen-bond acceptors (Lipinski definition) is 4. The lowest BCUT2D eigenvalue weighted by Gasteiger charge is -2.44. The Kier molecular flexibility index (Phi) is 5.15. The van der Waals surface area contributed by atoms with E-state index in [0.29, 0.717) is 18.6 Å². The quantitative estimate of drug-likeness (QED) is 0.840. The van der Waals surface area contributed by atoms with Crippen molar-refractivity contribution in [3.05, 3.63) is 0 Å². The highest BCUT2D eigenvalue weighted by Gasteiger charge is 2.42. The predicted octanol–water partition coefficient (Wildman–Crippen LogP) is 2.23. The van der Waals surface area contributed by atoms with Crippen molar-refractivity contribution in [3.8, 4) is 0 Å². The van der Waals surface area contributed by atoms with Gasteiger partial charge in [-0.1, -0.05) is 0 Å². The molecule has 2 saturated heterocycles. The van der Waals surface area contributed by atoms with Crippen molar-refractivity contribution in [1.82, 2.24) is 4.90 Å². The van der Waals surface area contributed by atoms with Crippen LogP contribution in [0.5, 0.6) is 0 Å². The smallest absolute Gasteiger partial charge is 0.304 e. The summed E-state index contributed by atoms with van der Waals surface area (Å²) in [6, 6.07) is 0.875. The third kappa shape index (κ3) is 3.86. The number of carboxylic acids is 1. The van der Waals surface area contributed by atoms with Crippen molar-refractivity contribution in [1.29, 1.82) is 0 Å². The highest BCUT2D eigenvalue weighted by Crippen LogP contribution is 2.39. The van der Waals surface area contributed by atoms with Crippen LogP contribution in [0.3, 0.4) is 0 Å². The summed E-state index contributed by atoms with van der Waals surface area (Å²) in [5, 5.41) is 8.89. The van der Waals surface area contributed by atoms with E-state index in [1.165, 1.54) is 5.75 Å². The van der Waals surface area contributed by atoms with Gasteiger partial charge >= 0.3 is 5.97 Å². The summed E-state index contributed by atoms with van der Waals surface area (Å²) < 4.78 is 6.05. The van der Waals surface area contributed by atoms with E-state index >= 15 is 0 Å². The molecule has 0 radical (unpaired) electrons. The number of thioether (sulfide) groups is 1. The summed E-state index contributed by atoms with van der Waals surface area (Å²) in [4.78, 5) is 13.2. The van der Waals surface area contributed by atoms with Gasteiger partial charge in [-0.15, -0.1) is 0 Å². The van der Waals surface area contributed by atoms with Gasteiger partial charge in [0.05, 0.1) is 12.0 Å². The maximum absolute atomic E-state index is 10.8. The van der Waals surface area contributed by atoms with Crippen LogP contribution >= 0.6 is 11.8 Å². The summed E-state index contributed by atoms with van der Waals surface area (Å²) in [7, 11) is 0. The third-order valence-electron chi connectivity index (χ3n) is 4.25. The molecular weight excluding hydrogens is 262 g/mol. The van der Waals surface area contributed by atoms with Gasteiger partial charge in [-0.25, -0.2) is 0 Å². The van der Waals surface area contributed by atoms with Crippen LogP contribution in [0.1, 0.15) is 39.5 Å². The van der Waals surface area contributed by atoms with Crippen LogP contribution in [0.2, 0.25) is 0 Å². The normalized spacial score (nSPS) is 31.5. The Labute approximate surface area is 119 Å². The highest BCUT2D eigenvalue weighted by atomic mass is 32.2. The molecule has 0 aliphatic carbocycles. The number of carbonyl (C=O) groups is 1. The summed E-state index contributed by atoms with van der Waals surface area (Å²) in [6.07, 6.45) is 3.48. The van der Waals surface area contributed by atoms with Gasteiger partial charge in [-0.2, -0.15) is 11.8 Å². The minimum atomic E-state index is -0.705. The first kappa shape index (κ1) is 15.1. The van der Waals surface area contributed by atoms with Crippen LogP contribution in [-0.2, 0) is 9.53 Å². The molecule has 2 rings (SSSR count). The van der Waals surface area contributed by atoms with Gasteiger partial charge in [0.1, 0.15) is 0 Å². The van der Waals surface area contributed by atoms with E-state index in [4.69, 9.17) is 9.84 Å². The zero-order chi connectivity index (χ0) is 13.9. The minimum absolute atomic E-state index is 0.0734. The summed E-state index contributed by atoms with van der Waals surface area (Å²) in [5.74, 6) is 1.60. The van der Waals surface area contributed by atoms with Gasteiger partial charge in [0, 0.05) is 31.0 Å². The van der Waals surface area contributed by atoms with E-state index < -0.39 is 5.97 Å². The van der Waals surface area contributed by atoms with Crippen LogP contribution in [0.25, 0.3) is 0 Å². The van der Waals surface area contributed by atoms with Gasteiger partial charge in [-0.05, 0) is 38.9 Å². The van der Waals surface area contributed by atoms with E-state index in [0.717, 1.165) is 31.6 Å². The van der Waals surface area contributed by atoms with Crippen molar-refractivity contribution in [2.75, 3.05) is 24.7 Å². The van der Waals surface area contributed by atoms with Crippen molar-refractivity contribution in [3.63, 3.8) is 0 Å². The van der Waals surface area contributed by atoms with E-state index in [1.54, 1.807) is 0 Å². The van der Waals surface area contributed by atoms with E-state index in [-0.39, 0.29) is 12.0 Å². The second-order valence-electron chi connectivity index (χ2n) is 5.96. The molecule has 19 heavy (non-hydrogen) atoms. The van der Waals surface area contributed by atoms with Crippen LogP contribution in [0.4, 0.5) is 0 Å². The number of nitrogens with zero attached hydrogens (tertiary/aromatic N) is 1. The molecule has 2 unspecified atom stereocenters. The molecule has 1 N–H and O–H groups in total. The molecular formula is C14H25NO3S. The lowest BCUT2D eigenvalue weighted by atomic mass is 9.88. The zero-order valence-electron chi connectivity index (χ0n) is 11.9. The Morgan fingerprint density at radius 1 is 1.58 bits per heavy atom. The molecule has 2 fully saturated rings. The summed E-state index contributed by atoms with van der Waals surface area (Å²) in [6.45, 7) is 5.79. The Morgan fingerprint density at radius 2 is 2.37 bits per heavy atom. The van der Waals surface area contributed by atoms with Crippen molar-refractivity contribution >= 4 is 17.7 Å². The van der Waals surface area contributed by atoms with Crippen molar-refractivity contribution in [2.24, 2.45) is 0 Å². The fourth-order valence-electron chi connectivity index (χ4n) is 3.24. The number of ether oxygens (including phenoxy) is 1. The first-order valence-electron chi connectivity index (χ1n) is 7.22. The molecule has 1 spiro atoms. The van der Waals surface area contributed by atoms with E-state index in [1.807, 2.05) is 11.8 Å². The highest BCUT2D eigenvalue weighted by molar-refractivity contribution is 7.99. The van der Waals surface area contributed by atoms with Crippen LogP contribution in [-0.4, -0.2) is 58.3 Å². The lowest BCUT2D eigenvalue weighted by Crippen LogP contribution is -2.51. The Morgan fingerprint density at radius 3 is 2.95 bits per heavy atom. The maximum atomic E-state index is 10.8. The van der Waals surface area contributed by atoms with Crippen LogP contribution in [0, 0.1) is 0 Å². The molecule has 4 nitrogen and oxygen atoms in total. The molecule has 0 amide bonds. The van der Waals surface area contributed by atoms with Gasteiger partial charge in [0.25, 0.3) is 0 Å². The van der Waals surface area contributed by atoms with Gasteiger partial charge in [0.15, 0.2) is 0 Å². The number of hydrogen-bond donors (Lipinski definition) is 1. The second kappa shape index (κ2) is 6.46. The standard InChI is InChI=1S/C14H25NO3S/c1-11(2)15(6-3-13(16)17)12-4-7-18-14(9-12)5-8-19-10-14/h11-12H,3-10H2,1-2H3,(H,16,17). The predicted molar refractivity (Wildman–Crippen MR) is 77.7 cm³/mol. The van der Waals surface area contributed by atoms with Crippen molar-refractivity contribution < 1.29 is 14.6 Å². The molecule has 2 atom stereocenters. The topological polar surface area (TPSA) is 49.8 Å². The molecule has 0 saturated carbocycles. The molecule has 0 aromatic carbocycles. The summed E-state index contributed by atoms with van der Waals surface area (Å²) in [5.41, 5.74) is 0.0734. The van der Waals surface area contributed by atoms with Crippen molar-refractivity contribution in [2.45, 2.75) is 57.2 Å². The number of rotatable bonds is 5. The fourth-order valence-corrected chi connectivity index (χ4v) is 4.61. The fraction of sp³-hybridized carbons (Fsp3) is 0.929. The molecule has 2 heterocycles.